The summed E-state index contributed by atoms with van der Waals surface area (Å²) in [6, 6.07) is 11.9. The second-order valence-electron chi connectivity index (χ2n) is 12.1. The number of benzene rings is 2. The number of aliphatic carboxylic acids is 2. The highest BCUT2D eigenvalue weighted by molar-refractivity contribution is 6.27. The number of nitrogens with zero attached hydrogens (tertiary/aromatic N) is 2. The quantitative estimate of drug-likeness (QED) is 0.111. The molecule has 14 nitrogen and oxygen atoms in total. The number of hydrogen-bond acceptors (Lipinski definition) is 12. The molecule has 4 N–H and O–H groups in total. The molecule has 4 aromatic rings. The Kier molecular flexibility index (Phi) is 15.3. The third-order valence-electron chi connectivity index (χ3n) is 8.52. The Morgan fingerprint density at radius 2 is 1.12 bits per heavy atom. The van der Waals surface area contributed by atoms with Crippen LogP contribution in [0.15, 0.2) is 57.8 Å². The third kappa shape index (κ3) is 12.0. The maximum Gasteiger partial charge on any atom is 0.414 e. The Bertz CT molecular complexity index is 1520. The van der Waals surface area contributed by atoms with Crippen LogP contribution in [0.2, 0.25) is 0 Å². The number of aliphatic hydroxyl groups excluding tert-OH is 2. The maximum atomic E-state index is 9.47. The minimum Gasteiger partial charge on any atom is -0.496 e. The predicted octanol–water partition coefficient (Wildman–Crippen LogP) is 3.29. The van der Waals surface area contributed by atoms with Gasteiger partial charge in [0.15, 0.2) is 0 Å². The molecule has 2 aliphatic rings. The molecule has 2 fully saturated rings. The van der Waals surface area contributed by atoms with Crippen molar-refractivity contribution in [1.82, 2.24) is 9.80 Å². The molecule has 4 heterocycles. The first kappa shape index (κ1) is 38.6. The van der Waals surface area contributed by atoms with Crippen LogP contribution in [0.4, 0.5) is 0 Å². The first-order valence-corrected chi connectivity index (χ1v) is 16.7. The molecule has 14 heteroatoms. The molecule has 0 aliphatic carbocycles. The smallest absolute Gasteiger partial charge is 0.414 e. The van der Waals surface area contributed by atoms with Gasteiger partial charge in [-0.25, -0.2) is 9.59 Å². The number of methoxy groups -OCH3 is 2. The van der Waals surface area contributed by atoms with Crippen LogP contribution < -0.4 is 9.47 Å². The second kappa shape index (κ2) is 19.9. The van der Waals surface area contributed by atoms with E-state index in [0.29, 0.717) is 26.4 Å². The largest absolute Gasteiger partial charge is 0.496 e. The van der Waals surface area contributed by atoms with E-state index in [4.69, 9.17) is 47.6 Å². The van der Waals surface area contributed by atoms with Crippen LogP contribution in [-0.4, -0.2) is 134 Å². The van der Waals surface area contributed by atoms with Gasteiger partial charge >= 0.3 is 11.9 Å². The van der Waals surface area contributed by atoms with Gasteiger partial charge in [-0.1, -0.05) is 0 Å². The monoisotopic (exact) mass is 700 g/mol. The van der Waals surface area contributed by atoms with Crippen LogP contribution in [0.25, 0.3) is 21.9 Å². The van der Waals surface area contributed by atoms with E-state index in [1.165, 1.54) is 0 Å². The molecule has 6 rings (SSSR count). The predicted molar refractivity (Wildman–Crippen MR) is 184 cm³/mol. The van der Waals surface area contributed by atoms with Gasteiger partial charge in [0.2, 0.25) is 0 Å². The van der Waals surface area contributed by atoms with Gasteiger partial charge in [0.25, 0.3) is 0 Å². The van der Waals surface area contributed by atoms with E-state index in [1.807, 2.05) is 36.4 Å². The summed E-state index contributed by atoms with van der Waals surface area (Å²) in [5, 5.41) is 35.8. The van der Waals surface area contributed by atoms with E-state index in [0.717, 1.165) is 110 Å². The van der Waals surface area contributed by atoms with Gasteiger partial charge in [0.05, 0.1) is 65.4 Å². The highest BCUT2D eigenvalue weighted by atomic mass is 16.5. The maximum absolute atomic E-state index is 9.47. The number of rotatable bonds is 14. The topological polar surface area (TPSA) is 185 Å². The molecule has 274 valence electrons. The molecule has 2 aromatic heterocycles. The summed E-state index contributed by atoms with van der Waals surface area (Å²) in [5.41, 5.74) is 3.95. The first-order valence-electron chi connectivity index (χ1n) is 16.7. The molecule has 50 heavy (non-hydrogen) atoms. The highest BCUT2D eigenvalue weighted by Gasteiger charge is 2.20. The fourth-order valence-corrected chi connectivity index (χ4v) is 5.82. The molecule has 2 aliphatic heterocycles. The number of fused-ring (bicyclic) bond motifs is 2. The lowest BCUT2D eigenvalue weighted by atomic mass is 10.1. The molecule has 0 amide bonds. The Morgan fingerprint density at radius 3 is 1.46 bits per heavy atom. The van der Waals surface area contributed by atoms with Gasteiger partial charge in [-0.15, -0.1) is 0 Å². The van der Waals surface area contributed by atoms with Crippen LogP contribution in [0.1, 0.15) is 24.0 Å². The van der Waals surface area contributed by atoms with E-state index in [-0.39, 0.29) is 12.2 Å². The van der Waals surface area contributed by atoms with Crippen molar-refractivity contribution in [2.75, 3.05) is 79.9 Å². The third-order valence-corrected chi connectivity index (χ3v) is 8.52. The van der Waals surface area contributed by atoms with Crippen molar-refractivity contribution in [3.05, 3.63) is 60.1 Å². The molecule has 2 saturated heterocycles. The van der Waals surface area contributed by atoms with Crippen LogP contribution in [0, 0.1) is 0 Å². The second-order valence-corrected chi connectivity index (χ2v) is 12.1. The van der Waals surface area contributed by atoms with Crippen LogP contribution in [0.5, 0.6) is 11.5 Å². The van der Waals surface area contributed by atoms with Gasteiger partial charge in [0.1, 0.15) is 22.7 Å². The molecular formula is C36H48N2O12. The minimum absolute atomic E-state index is 0.163. The average Bonchev–Trinajstić information content (AvgIpc) is 3.92. The Morgan fingerprint density at radius 1 is 0.700 bits per heavy atom. The SMILES string of the molecule is COc1cc2ccoc2cc1CCOCCN1CCC(O)C1.COc1cc2ccoc2cc1CCOCCN1CCC(O)C1.O=C(O)C(=O)O. The summed E-state index contributed by atoms with van der Waals surface area (Å²) < 4.78 is 33.2. The fraction of sp³-hybridized carbons (Fsp3) is 0.500. The van der Waals surface area contributed by atoms with Gasteiger partial charge in [0, 0.05) is 61.2 Å². The van der Waals surface area contributed by atoms with E-state index < -0.39 is 11.9 Å². The van der Waals surface area contributed by atoms with Crippen molar-refractivity contribution in [2.45, 2.75) is 37.9 Å². The van der Waals surface area contributed by atoms with E-state index in [2.05, 4.69) is 9.80 Å². The normalized spacial score (nSPS) is 17.7. The number of aliphatic hydroxyl groups is 2. The molecular weight excluding hydrogens is 652 g/mol. The summed E-state index contributed by atoms with van der Waals surface area (Å²) in [6.45, 7) is 7.92. The molecule has 0 bridgehead atoms. The number of hydrogen-bond donors (Lipinski definition) is 4. The Labute approximate surface area is 290 Å². The lowest BCUT2D eigenvalue weighted by Gasteiger charge is -2.15. The van der Waals surface area contributed by atoms with Gasteiger partial charge in [-0.3, -0.25) is 9.80 Å². The number of carboxylic acid groups (broad SMARTS) is 2. The van der Waals surface area contributed by atoms with Crippen LogP contribution >= 0.6 is 0 Å². The molecule has 0 radical (unpaired) electrons. The minimum atomic E-state index is -1.82. The number of likely N-dealkylation sites (tertiary alicyclic amines) is 2. The highest BCUT2D eigenvalue weighted by Crippen LogP contribution is 2.28. The number of furan rings is 2. The van der Waals surface area contributed by atoms with Crippen molar-refractivity contribution in [2.24, 2.45) is 0 Å². The van der Waals surface area contributed by atoms with Gasteiger partial charge in [-0.05, 0) is 62.1 Å². The van der Waals surface area contributed by atoms with Crippen molar-refractivity contribution in [3.63, 3.8) is 0 Å². The number of β-amino-alcohol motifs (C(OH)–C–C–N with tert-alkyl or cyclic N) is 2. The Hall–Kier alpha value is -4.18. The van der Waals surface area contributed by atoms with Gasteiger partial charge in [-0.2, -0.15) is 0 Å². The fourth-order valence-electron chi connectivity index (χ4n) is 5.82. The average molecular weight is 701 g/mol. The van der Waals surface area contributed by atoms with E-state index >= 15 is 0 Å². The summed E-state index contributed by atoms with van der Waals surface area (Å²) >= 11 is 0. The van der Waals surface area contributed by atoms with Crippen molar-refractivity contribution < 1.29 is 57.8 Å². The zero-order valence-electron chi connectivity index (χ0n) is 28.6. The number of carbonyl (C=O) groups is 2. The molecule has 2 unspecified atom stereocenters. The van der Waals surface area contributed by atoms with Crippen molar-refractivity contribution in [3.8, 4) is 11.5 Å². The molecule has 2 aromatic carbocycles. The lowest BCUT2D eigenvalue weighted by molar-refractivity contribution is -0.159. The van der Waals surface area contributed by atoms with Crippen molar-refractivity contribution >= 4 is 33.9 Å². The lowest BCUT2D eigenvalue weighted by Crippen LogP contribution is -2.26. The summed E-state index contributed by atoms with van der Waals surface area (Å²) in [6.07, 6.45) is 6.39. The number of ether oxygens (including phenoxy) is 4. The number of carboxylic acids is 2. The van der Waals surface area contributed by atoms with E-state index in [9.17, 15) is 10.2 Å². The molecule has 2 atom stereocenters. The van der Waals surface area contributed by atoms with Crippen LogP contribution in [-0.2, 0) is 31.9 Å². The summed E-state index contributed by atoms with van der Waals surface area (Å²) in [5.74, 6) is -1.90. The van der Waals surface area contributed by atoms with Crippen molar-refractivity contribution in [1.29, 1.82) is 0 Å². The molecule has 0 saturated carbocycles. The summed E-state index contributed by atoms with van der Waals surface area (Å²) in [4.78, 5) is 22.7. The van der Waals surface area contributed by atoms with Crippen LogP contribution in [0.3, 0.4) is 0 Å². The zero-order valence-corrected chi connectivity index (χ0v) is 28.6. The standard InChI is InChI=1S/2C17H23NO4.C2H2O4/c2*1-20-16-10-14-4-8-22-17(14)11-13(16)3-7-21-9-6-18-5-2-15(19)12-18;3-1(4)2(5)6/h2*4,8,10-11,15,19H,2-3,5-7,9,12H2,1H3;(H,3,4)(H,5,6). The Balaban J connectivity index is 0.000000194. The summed E-state index contributed by atoms with van der Waals surface area (Å²) in [7, 11) is 3.37. The van der Waals surface area contributed by atoms with E-state index in [1.54, 1.807) is 26.7 Å². The first-order chi connectivity index (χ1) is 24.2. The zero-order chi connectivity index (χ0) is 35.9. The van der Waals surface area contributed by atoms with Gasteiger partial charge < -0.3 is 48.2 Å². The molecule has 0 spiro atoms.